The van der Waals surface area contributed by atoms with E-state index in [4.69, 9.17) is 5.73 Å². The first kappa shape index (κ1) is 23.1. The third kappa shape index (κ3) is 7.28. The second-order valence-electron chi connectivity index (χ2n) is 7.00. The topological polar surface area (TPSA) is 122 Å². The highest BCUT2D eigenvalue weighted by Crippen LogP contribution is 2.15. The molecule has 0 aliphatic carbocycles. The molecule has 0 saturated heterocycles. The van der Waals surface area contributed by atoms with Gasteiger partial charge in [-0.15, -0.1) is 0 Å². The molecule has 0 aliphatic heterocycles. The quantitative estimate of drug-likeness (QED) is 0.576. The Balaban J connectivity index is 2.71. The summed E-state index contributed by atoms with van der Waals surface area (Å²) in [7, 11) is -2.24. The Morgan fingerprint density at radius 1 is 1.15 bits per heavy atom. The molecule has 4 N–H and O–H groups in total. The van der Waals surface area contributed by atoms with Gasteiger partial charge in [-0.1, -0.05) is 13.8 Å². The number of nitrogens with one attached hydrogen (secondary N) is 2. The summed E-state index contributed by atoms with van der Waals surface area (Å²) in [5.74, 6) is -0.266. The van der Waals surface area contributed by atoms with E-state index in [0.717, 1.165) is 0 Å². The number of benzene rings is 1. The standard InChI is InChI=1S/C18H30N4O4S/c1-12(2)17(19)10-11-22(5)18(24)13(3)21-27(25,26)16-8-6-15(7-9-16)20-14(4)23/h6-9,12-13,17,21H,10-11,19H2,1-5H3,(H,20,23). The Bertz CT molecular complexity index is 747. The van der Waals surface area contributed by atoms with Crippen LogP contribution in [0.3, 0.4) is 0 Å². The molecule has 0 saturated carbocycles. The van der Waals surface area contributed by atoms with Crippen LogP contribution < -0.4 is 15.8 Å². The van der Waals surface area contributed by atoms with Gasteiger partial charge in [-0.25, -0.2) is 8.42 Å². The fraction of sp³-hybridized carbons (Fsp3) is 0.556. The van der Waals surface area contributed by atoms with Crippen LogP contribution in [0.4, 0.5) is 5.69 Å². The van der Waals surface area contributed by atoms with Gasteiger partial charge in [0.2, 0.25) is 21.8 Å². The first-order chi connectivity index (χ1) is 12.4. The Morgan fingerprint density at radius 3 is 2.19 bits per heavy atom. The van der Waals surface area contributed by atoms with Crippen LogP contribution in [0.1, 0.15) is 34.1 Å². The second-order valence-corrected chi connectivity index (χ2v) is 8.72. The predicted octanol–water partition coefficient (Wildman–Crippen LogP) is 1.14. The lowest BCUT2D eigenvalue weighted by molar-refractivity contribution is -0.131. The molecule has 0 aromatic heterocycles. The van der Waals surface area contributed by atoms with E-state index in [1.807, 2.05) is 13.8 Å². The minimum atomic E-state index is -3.86. The number of carbonyl (C=O) groups excluding carboxylic acids is 2. The van der Waals surface area contributed by atoms with Crippen molar-refractivity contribution in [2.24, 2.45) is 11.7 Å². The van der Waals surface area contributed by atoms with E-state index in [0.29, 0.717) is 24.6 Å². The molecule has 1 rings (SSSR count). The van der Waals surface area contributed by atoms with Gasteiger partial charge >= 0.3 is 0 Å². The molecule has 2 atom stereocenters. The Hall–Kier alpha value is -1.97. The third-order valence-corrected chi connectivity index (χ3v) is 5.77. The maximum atomic E-state index is 12.5. The van der Waals surface area contributed by atoms with Gasteiger partial charge in [-0.2, -0.15) is 4.72 Å². The smallest absolute Gasteiger partial charge is 0.241 e. The highest BCUT2D eigenvalue weighted by Gasteiger charge is 2.24. The first-order valence-corrected chi connectivity index (χ1v) is 10.3. The molecule has 27 heavy (non-hydrogen) atoms. The van der Waals surface area contributed by atoms with E-state index >= 15 is 0 Å². The molecule has 0 fully saturated rings. The number of hydrogen-bond donors (Lipinski definition) is 3. The molecule has 0 radical (unpaired) electrons. The number of carbonyl (C=O) groups is 2. The Labute approximate surface area is 161 Å². The van der Waals surface area contributed by atoms with Gasteiger partial charge in [-0.3, -0.25) is 9.59 Å². The molecular weight excluding hydrogens is 368 g/mol. The van der Waals surface area contributed by atoms with Gasteiger partial charge in [0, 0.05) is 32.2 Å². The normalized spacial score (nSPS) is 13.9. The lowest BCUT2D eigenvalue weighted by Crippen LogP contribution is -2.46. The molecule has 1 aromatic carbocycles. The highest BCUT2D eigenvalue weighted by molar-refractivity contribution is 7.89. The molecule has 2 unspecified atom stereocenters. The molecule has 0 aliphatic rings. The number of sulfonamides is 1. The third-order valence-electron chi connectivity index (χ3n) is 4.22. The zero-order valence-corrected chi connectivity index (χ0v) is 17.3. The van der Waals surface area contributed by atoms with E-state index in [9.17, 15) is 18.0 Å². The van der Waals surface area contributed by atoms with Crippen molar-refractivity contribution in [1.29, 1.82) is 0 Å². The van der Waals surface area contributed by atoms with E-state index in [2.05, 4.69) is 10.0 Å². The van der Waals surface area contributed by atoms with Crippen LogP contribution in [0, 0.1) is 5.92 Å². The summed E-state index contributed by atoms with van der Waals surface area (Å²) in [6.07, 6.45) is 0.643. The van der Waals surface area contributed by atoms with Crippen molar-refractivity contribution in [2.75, 3.05) is 18.9 Å². The summed E-state index contributed by atoms with van der Waals surface area (Å²) >= 11 is 0. The van der Waals surface area contributed by atoms with Crippen molar-refractivity contribution in [3.63, 3.8) is 0 Å². The molecule has 1 aromatic rings. The highest BCUT2D eigenvalue weighted by atomic mass is 32.2. The van der Waals surface area contributed by atoms with Crippen molar-refractivity contribution in [2.45, 2.75) is 51.1 Å². The number of nitrogens with zero attached hydrogens (tertiary/aromatic N) is 1. The fourth-order valence-corrected chi connectivity index (χ4v) is 3.59. The monoisotopic (exact) mass is 398 g/mol. The second kappa shape index (κ2) is 9.82. The molecule has 0 bridgehead atoms. The Kier molecular flexibility index (Phi) is 8.39. The number of hydrogen-bond acceptors (Lipinski definition) is 5. The van der Waals surface area contributed by atoms with Crippen molar-refractivity contribution in [3.05, 3.63) is 24.3 Å². The van der Waals surface area contributed by atoms with Crippen molar-refractivity contribution >= 4 is 27.5 Å². The molecule has 9 heteroatoms. The molecule has 0 heterocycles. The maximum Gasteiger partial charge on any atom is 0.241 e. The first-order valence-electron chi connectivity index (χ1n) is 8.84. The lowest BCUT2D eigenvalue weighted by atomic mass is 10.0. The zero-order valence-electron chi connectivity index (χ0n) is 16.5. The van der Waals surface area contributed by atoms with Gasteiger partial charge < -0.3 is 16.0 Å². The summed E-state index contributed by atoms with van der Waals surface area (Å²) in [6, 6.07) is 4.79. The van der Waals surface area contributed by atoms with E-state index in [1.165, 1.54) is 43.0 Å². The van der Waals surface area contributed by atoms with Crippen LogP contribution in [-0.4, -0.2) is 50.8 Å². The molecular formula is C18H30N4O4S. The van der Waals surface area contributed by atoms with Crippen LogP contribution in [-0.2, 0) is 19.6 Å². The van der Waals surface area contributed by atoms with Crippen molar-refractivity contribution in [3.8, 4) is 0 Å². The Morgan fingerprint density at radius 2 is 1.70 bits per heavy atom. The molecule has 2 amide bonds. The van der Waals surface area contributed by atoms with Gasteiger partial charge in [0.1, 0.15) is 0 Å². The number of amides is 2. The fourth-order valence-electron chi connectivity index (χ4n) is 2.39. The maximum absolute atomic E-state index is 12.5. The van der Waals surface area contributed by atoms with Crippen LogP contribution in [0.25, 0.3) is 0 Å². The summed E-state index contributed by atoms with van der Waals surface area (Å²) in [5.41, 5.74) is 6.48. The molecule has 0 spiro atoms. The summed E-state index contributed by atoms with van der Waals surface area (Å²) in [5, 5.41) is 2.56. The van der Waals surface area contributed by atoms with Crippen molar-refractivity contribution in [1.82, 2.24) is 9.62 Å². The average molecular weight is 399 g/mol. The predicted molar refractivity (Wildman–Crippen MR) is 106 cm³/mol. The van der Waals surface area contributed by atoms with Gasteiger partial charge in [0.15, 0.2) is 0 Å². The number of anilines is 1. The van der Waals surface area contributed by atoms with Crippen LogP contribution in [0.2, 0.25) is 0 Å². The molecule has 8 nitrogen and oxygen atoms in total. The average Bonchev–Trinajstić information content (AvgIpc) is 2.57. The van der Waals surface area contributed by atoms with Gasteiger partial charge in [0.05, 0.1) is 10.9 Å². The van der Waals surface area contributed by atoms with Crippen LogP contribution in [0.5, 0.6) is 0 Å². The minimum absolute atomic E-state index is 0.0146. The van der Waals surface area contributed by atoms with Crippen LogP contribution >= 0.6 is 0 Å². The SMILES string of the molecule is CC(=O)Nc1ccc(S(=O)(=O)NC(C)C(=O)N(C)CCC(N)C(C)C)cc1. The summed E-state index contributed by atoms with van der Waals surface area (Å²) in [6.45, 7) is 7.35. The van der Waals surface area contributed by atoms with Gasteiger partial charge in [0.25, 0.3) is 0 Å². The van der Waals surface area contributed by atoms with Crippen molar-refractivity contribution < 1.29 is 18.0 Å². The summed E-state index contributed by atoms with van der Waals surface area (Å²) < 4.78 is 27.3. The van der Waals surface area contributed by atoms with E-state index in [1.54, 1.807) is 7.05 Å². The number of likely N-dealkylation sites (N-methyl/N-ethyl adjacent to an activating group) is 1. The van der Waals surface area contributed by atoms with E-state index < -0.39 is 16.1 Å². The largest absolute Gasteiger partial charge is 0.344 e. The van der Waals surface area contributed by atoms with Crippen LogP contribution in [0.15, 0.2) is 29.2 Å². The molecule has 152 valence electrons. The number of nitrogens with two attached hydrogens (primary N) is 1. The van der Waals surface area contributed by atoms with E-state index in [-0.39, 0.29) is 22.8 Å². The number of rotatable bonds is 9. The zero-order chi connectivity index (χ0) is 20.8. The lowest BCUT2D eigenvalue weighted by Gasteiger charge is -2.24. The minimum Gasteiger partial charge on any atom is -0.344 e. The van der Waals surface area contributed by atoms with Gasteiger partial charge in [-0.05, 0) is 43.5 Å². The summed E-state index contributed by atoms with van der Waals surface area (Å²) in [4.78, 5) is 24.9.